The predicted octanol–water partition coefficient (Wildman–Crippen LogP) is 3.56. The Morgan fingerprint density at radius 2 is 2.08 bits per heavy atom. The number of rotatable bonds is 5. The van der Waals surface area contributed by atoms with Crippen LogP contribution in [0.5, 0.6) is 11.5 Å². The average molecular weight is 391 g/mol. The minimum absolute atomic E-state index is 0.172. The summed E-state index contributed by atoms with van der Waals surface area (Å²) < 4.78 is 11.5. The molecule has 0 aliphatic carbocycles. The Balaban J connectivity index is 1.54. The van der Waals surface area contributed by atoms with Gasteiger partial charge in [-0.3, -0.25) is 4.79 Å². The zero-order chi connectivity index (χ0) is 16.9. The van der Waals surface area contributed by atoms with Gasteiger partial charge in [-0.05, 0) is 43.3 Å². The smallest absolute Gasteiger partial charge is 0.265 e. The fourth-order valence-corrected chi connectivity index (χ4v) is 2.52. The van der Waals surface area contributed by atoms with Crippen LogP contribution in [0.2, 0.25) is 0 Å². The van der Waals surface area contributed by atoms with E-state index in [-0.39, 0.29) is 19.3 Å². The number of amides is 1. The van der Waals surface area contributed by atoms with E-state index in [9.17, 15) is 4.79 Å². The van der Waals surface area contributed by atoms with Crippen molar-refractivity contribution in [2.75, 3.05) is 18.7 Å². The van der Waals surface area contributed by atoms with E-state index in [0.29, 0.717) is 22.9 Å². The Morgan fingerprint density at radius 1 is 1.25 bits per heavy atom. The fourth-order valence-electron chi connectivity index (χ4n) is 2.13. The van der Waals surface area contributed by atoms with Crippen molar-refractivity contribution in [2.45, 2.75) is 6.92 Å². The average Bonchev–Trinajstić information content (AvgIpc) is 3.02. The summed E-state index contributed by atoms with van der Waals surface area (Å²) in [5.41, 5.74) is 2.17. The van der Waals surface area contributed by atoms with Crippen LogP contribution in [0.1, 0.15) is 12.5 Å². The first kappa shape index (κ1) is 16.3. The first-order chi connectivity index (χ1) is 11.6. The summed E-state index contributed by atoms with van der Waals surface area (Å²) in [7, 11) is 0. The van der Waals surface area contributed by atoms with Crippen molar-refractivity contribution >= 4 is 33.2 Å². The van der Waals surface area contributed by atoms with Crippen LogP contribution in [0.4, 0.5) is 5.69 Å². The number of ether oxygens (including phenoxy) is 2. The molecular weight excluding hydrogens is 376 g/mol. The second-order valence-corrected chi connectivity index (χ2v) is 5.99. The molecule has 1 heterocycles. The van der Waals surface area contributed by atoms with Gasteiger partial charge in [-0.2, -0.15) is 0 Å². The largest absolute Gasteiger partial charge is 0.454 e. The molecule has 0 spiro atoms. The van der Waals surface area contributed by atoms with Crippen molar-refractivity contribution in [1.82, 2.24) is 0 Å². The highest BCUT2D eigenvalue weighted by atomic mass is 79.9. The molecule has 1 aliphatic rings. The summed E-state index contributed by atoms with van der Waals surface area (Å²) in [5, 5.41) is 6.70. The topological polar surface area (TPSA) is 69.2 Å². The molecule has 2 aromatic carbocycles. The quantitative estimate of drug-likeness (QED) is 0.625. The Labute approximate surface area is 147 Å². The standard InChI is InChI=1S/C17H15BrN2O4/c1-11(12-5-6-15-16(7-12)23-10-22-15)20-24-9-17(21)19-14-4-2-3-13(18)8-14/h2-8H,9-10H2,1H3,(H,19,21)/b20-11-. The van der Waals surface area contributed by atoms with E-state index in [1.807, 2.05) is 30.3 Å². The van der Waals surface area contributed by atoms with Crippen LogP contribution in [0.25, 0.3) is 0 Å². The van der Waals surface area contributed by atoms with Crippen molar-refractivity contribution < 1.29 is 19.1 Å². The van der Waals surface area contributed by atoms with Gasteiger partial charge in [-0.15, -0.1) is 0 Å². The van der Waals surface area contributed by atoms with Crippen molar-refractivity contribution in [2.24, 2.45) is 5.16 Å². The summed E-state index contributed by atoms with van der Waals surface area (Å²) in [6.07, 6.45) is 0. The predicted molar refractivity (Wildman–Crippen MR) is 93.5 cm³/mol. The highest BCUT2D eigenvalue weighted by Crippen LogP contribution is 2.32. The first-order valence-electron chi connectivity index (χ1n) is 7.24. The lowest BCUT2D eigenvalue weighted by Gasteiger charge is -2.06. The number of carbonyl (C=O) groups excluding carboxylic acids is 1. The highest BCUT2D eigenvalue weighted by Gasteiger charge is 2.14. The minimum Gasteiger partial charge on any atom is -0.454 e. The molecule has 1 N–H and O–H groups in total. The Kier molecular flexibility index (Phi) is 5.00. The molecule has 124 valence electrons. The monoisotopic (exact) mass is 390 g/mol. The molecule has 3 rings (SSSR count). The zero-order valence-corrected chi connectivity index (χ0v) is 14.5. The van der Waals surface area contributed by atoms with Crippen LogP contribution in [0.3, 0.4) is 0 Å². The van der Waals surface area contributed by atoms with Gasteiger partial charge in [0.25, 0.3) is 5.91 Å². The molecule has 24 heavy (non-hydrogen) atoms. The normalized spacial score (nSPS) is 12.8. The maximum Gasteiger partial charge on any atom is 0.265 e. The molecule has 0 fully saturated rings. The number of carbonyl (C=O) groups is 1. The van der Waals surface area contributed by atoms with Crippen LogP contribution in [-0.2, 0) is 9.63 Å². The minimum atomic E-state index is -0.282. The number of oxime groups is 1. The van der Waals surface area contributed by atoms with E-state index in [4.69, 9.17) is 14.3 Å². The Hall–Kier alpha value is -2.54. The summed E-state index contributed by atoms with van der Waals surface area (Å²) in [5.74, 6) is 1.10. The van der Waals surface area contributed by atoms with Crippen LogP contribution < -0.4 is 14.8 Å². The van der Waals surface area contributed by atoms with E-state index in [0.717, 1.165) is 10.0 Å². The van der Waals surface area contributed by atoms with E-state index in [1.165, 1.54) is 0 Å². The van der Waals surface area contributed by atoms with Crippen LogP contribution in [-0.4, -0.2) is 25.0 Å². The Morgan fingerprint density at radius 3 is 2.92 bits per heavy atom. The molecule has 0 unspecified atom stereocenters. The number of benzene rings is 2. The van der Waals surface area contributed by atoms with Crippen LogP contribution in [0.15, 0.2) is 52.1 Å². The first-order valence-corrected chi connectivity index (χ1v) is 8.03. The molecule has 6 nitrogen and oxygen atoms in total. The van der Waals surface area contributed by atoms with Gasteiger partial charge in [0.15, 0.2) is 18.1 Å². The van der Waals surface area contributed by atoms with E-state index in [1.54, 1.807) is 19.1 Å². The molecule has 0 saturated heterocycles. The van der Waals surface area contributed by atoms with Crippen molar-refractivity contribution in [1.29, 1.82) is 0 Å². The third kappa shape index (κ3) is 4.05. The summed E-state index contributed by atoms with van der Waals surface area (Å²) in [6.45, 7) is 1.85. The number of hydrogen-bond acceptors (Lipinski definition) is 5. The van der Waals surface area contributed by atoms with Gasteiger partial charge in [-0.25, -0.2) is 0 Å². The lowest BCUT2D eigenvalue weighted by atomic mass is 10.1. The number of hydrogen-bond donors (Lipinski definition) is 1. The molecule has 0 aromatic heterocycles. The molecule has 0 radical (unpaired) electrons. The summed E-state index contributed by atoms with van der Waals surface area (Å²) in [6, 6.07) is 12.8. The van der Waals surface area contributed by atoms with Gasteiger partial charge in [0, 0.05) is 15.7 Å². The number of anilines is 1. The number of fused-ring (bicyclic) bond motifs is 1. The third-order valence-corrected chi connectivity index (χ3v) is 3.79. The van der Waals surface area contributed by atoms with E-state index < -0.39 is 0 Å². The molecule has 0 bridgehead atoms. The van der Waals surface area contributed by atoms with Crippen molar-refractivity contribution in [3.63, 3.8) is 0 Å². The van der Waals surface area contributed by atoms with Crippen molar-refractivity contribution in [3.8, 4) is 11.5 Å². The third-order valence-electron chi connectivity index (χ3n) is 3.30. The second kappa shape index (κ2) is 7.35. The van der Waals surface area contributed by atoms with Gasteiger partial charge in [-0.1, -0.05) is 27.2 Å². The van der Waals surface area contributed by atoms with Gasteiger partial charge >= 0.3 is 0 Å². The molecule has 0 atom stereocenters. The number of halogens is 1. The highest BCUT2D eigenvalue weighted by molar-refractivity contribution is 9.10. The van der Waals surface area contributed by atoms with Crippen LogP contribution in [0, 0.1) is 0 Å². The second-order valence-electron chi connectivity index (χ2n) is 5.08. The molecule has 0 saturated carbocycles. The van der Waals surface area contributed by atoms with Crippen molar-refractivity contribution in [3.05, 3.63) is 52.5 Å². The van der Waals surface area contributed by atoms with Gasteiger partial charge in [0.1, 0.15) is 0 Å². The number of nitrogens with one attached hydrogen (secondary N) is 1. The van der Waals surface area contributed by atoms with Gasteiger partial charge in [0.05, 0.1) is 5.71 Å². The summed E-state index contributed by atoms with van der Waals surface area (Å²) in [4.78, 5) is 17.0. The summed E-state index contributed by atoms with van der Waals surface area (Å²) >= 11 is 3.35. The number of nitrogens with zero attached hydrogens (tertiary/aromatic N) is 1. The molecule has 1 aliphatic heterocycles. The Bertz CT molecular complexity index is 792. The maximum absolute atomic E-state index is 11.8. The zero-order valence-electron chi connectivity index (χ0n) is 12.9. The van der Waals surface area contributed by atoms with Gasteiger partial charge < -0.3 is 19.6 Å². The molecule has 7 heteroatoms. The molecular formula is C17H15BrN2O4. The SMILES string of the molecule is C/C(=N/OCC(=O)Nc1cccc(Br)c1)c1ccc2c(c1)OCO2. The maximum atomic E-state index is 11.8. The molecule has 1 amide bonds. The van der Waals surface area contributed by atoms with E-state index >= 15 is 0 Å². The fraction of sp³-hybridized carbons (Fsp3) is 0.176. The lowest BCUT2D eigenvalue weighted by Crippen LogP contribution is -2.17. The lowest BCUT2D eigenvalue weighted by molar-refractivity contribution is -0.120. The van der Waals surface area contributed by atoms with E-state index in [2.05, 4.69) is 26.4 Å². The van der Waals surface area contributed by atoms with Gasteiger partial charge in [0.2, 0.25) is 6.79 Å². The molecule has 2 aromatic rings. The van der Waals surface area contributed by atoms with Crippen LogP contribution >= 0.6 is 15.9 Å².